The van der Waals surface area contributed by atoms with Crippen molar-refractivity contribution < 1.29 is 23.6 Å². The fourth-order valence-corrected chi connectivity index (χ4v) is 0.645. The number of hydrogen-bond acceptors (Lipinski definition) is 0. The summed E-state index contributed by atoms with van der Waals surface area (Å²) in [5.41, 5.74) is 5.05. The third-order valence-corrected chi connectivity index (χ3v) is 1.13. The second kappa shape index (κ2) is 6.55. The van der Waals surface area contributed by atoms with Crippen LogP contribution in [0.2, 0.25) is 0 Å². The molecule has 0 amide bonds. The molecular formula is C7H12ClNO. The Balaban J connectivity index is 0. The Morgan fingerprint density at radius 2 is 1.60 bits per heavy atom. The molecule has 0 bridgehead atoms. The van der Waals surface area contributed by atoms with Crippen LogP contribution in [0.1, 0.15) is 5.56 Å². The molecular weight excluding hydrogens is 150 g/mol. The van der Waals surface area contributed by atoms with Gasteiger partial charge in [-0.25, -0.2) is 0 Å². The summed E-state index contributed by atoms with van der Waals surface area (Å²) in [7, 11) is 0. The lowest BCUT2D eigenvalue weighted by atomic mass is 10.2. The summed E-state index contributed by atoms with van der Waals surface area (Å²) in [6.07, 6.45) is 0. The van der Waals surface area contributed by atoms with E-state index in [9.17, 15) is 0 Å². The largest absolute Gasteiger partial charge is 1.00 e. The molecule has 0 aromatic heterocycles. The van der Waals surface area contributed by atoms with E-state index in [0.717, 1.165) is 6.54 Å². The Bertz CT molecular complexity index is 155. The summed E-state index contributed by atoms with van der Waals surface area (Å²) in [4.78, 5) is 0. The summed E-state index contributed by atoms with van der Waals surface area (Å²) >= 11 is 0. The van der Waals surface area contributed by atoms with Crippen LogP contribution in [0.3, 0.4) is 0 Å². The molecule has 0 aliphatic rings. The molecule has 2 nitrogen and oxygen atoms in total. The van der Waals surface area contributed by atoms with Crippen molar-refractivity contribution in [2.24, 2.45) is 0 Å². The molecule has 0 saturated heterocycles. The zero-order chi connectivity index (χ0) is 5.82. The van der Waals surface area contributed by atoms with Gasteiger partial charge in [-0.15, -0.1) is 0 Å². The van der Waals surface area contributed by atoms with Crippen molar-refractivity contribution in [3.8, 4) is 0 Å². The van der Waals surface area contributed by atoms with E-state index in [1.165, 1.54) is 5.56 Å². The van der Waals surface area contributed by atoms with Crippen molar-refractivity contribution >= 4 is 0 Å². The van der Waals surface area contributed by atoms with Crippen LogP contribution in [0.5, 0.6) is 0 Å². The van der Waals surface area contributed by atoms with E-state index in [1.54, 1.807) is 0 Å². The summed E-state index contributed by atoms with van der Waals surface area (Å²) in [6.45, 7) is 0.890. The van der Waals surface area contributed by atoms with Crippen LogP contribution in [0.15, 0.2) is 30.3 Å². The van der Waals surface area contributed by atoms with E-state index in [0.29, 0.717) is 0 Å². The van der Waals surface area contributed by atoms with Crippen LogP contribution in [0.25, 0.3) is 0 Å². The molecule has 0 spiro atoms. The number of hydrogen-bond donors (Lipinski definition) is 1. The molecule has 0 heterocycles. The molecule has 3 heteroatoms. The minimum atomic E-state index is 0. The van der Waals surface area contributed by atoms with Crippen LogP contribution in [0, 0.1) is 0 Å². The van der Waals surface area contributed by atoms with Gasteiger partial charge in [-0.05, 0) is 0 Å². The molecule has 1 aromatic carbocycles. The number of quaternary nitrogens is 1. The first-order valence-electron chi connectivity index (χ1n) is 2.76. The molecule has 0 aliphatic heterocycles. The third-order valence-electron chi connectivity index (χ3n) is 1.13. The second-order valence-corrected chi connectivity index (χ2v) is 1.74. The number of benzene rings is 1. The highest BCUT2D eigenvalue weighted by Crippen LogP contribution is 1.93. The van der Waals surface area contributed by atoms with Crippen LogP contribution in [0.4, 0.5) is 0 Å². The van der Waals surface area contributed by atoms with Gasteiger partial charge in [0.25, 0.3) is 0 Å². The SMILES string of the molecule is O.[Cl-].[NH3+]Cc1ccccc1. The molecule has 0 aliphatic carbocycles. The Morgan fingerprint density at radius 3 is 1.90 bits per heavy atom. The summed E-state index contributed by atoms with van der Waals surface area (Å²) in [6, 6.07) is 10.2. The summed E-state index contributed by atoms with van der Waals surface area (Å²) < 4.78 is 0. The van der Waals surface area contributed by atoms with Gasteiger partial charge < -0.3 is 23.6 Å². The highest BCUT2D eigenvalue weighted by atomic mass is 35.5. The van der Waals surface area contributed by atoms with Crippen LogP contribution in [-0.2, 0) is 6.54 Å². The van der Waals surface area contributed by atoms with Crippen molar-refractivity contribution in [3.05, 3.63) is 35.9 Å². The van der Waals surface area contributed by atoms with E-state index in [4.69, 9.17) is 0 Å². The van der Waals surface area contributed by atoms with Gasteiger partial charge in [-0.1, -0.05) is 30.3 Å². The molecule has 10 heavy (non-hydrogen) atoms. The first-order chi connectivity index (χ1) is 3.93. The predicted octanol–water partition coefficient (Wildman–Crippen LogP) is -3.39. The molecule has 1 aromatic rings. The normalized spacial score (nSPS) is 7.30. The summed E-state index contributed by atoms with van der Waals surface area (Å²) in [5, 5.41) is 0. The minimum Gasteiger partial charge on any atom is -1.00 e. The van der Waals surface area contributed by atoms with Gasteiger partial charge >= 0.3 is 0 Å². The summed E-state index contributed by atoms with van der Waals surface area (Å²) in [5.74, 6) is 0. The molecule has 1 rings (SSSR count). The van der Waals surface area contributed by atoms with E-state index < -0.39 is 0 Å². The quantitative estimate of drug-likeness (QED) is 0.447. The number of halogens is 1. The molecule has 0 saturated carbocycles. The van der Waals surface area contributed by atoms with Crippen LogP contribution < -0.4 is 18.1 Å². The van der Waals surface area contributed by atoms with E-state index in [-0.39, 0.29) is 17.9 Å². The maximum Gasteiger partial charge on any atom is 0.0997 e. The molecule has 0 radical (unpaired) electrons. The zero-order valence-corrected chi connectivity index (χ0v) is 6.43. The Hall–Kier alpha value is -0.570. The van der Waals surface area contributed by atoms with Gasteiger partial charge in [0.1, 0.15) is 0 Å². The fourth-order valence-electron chi connectivity index (χ4n) is 0.645. The highest BCUT2D eigenvalue weighted by Gasteiger charge is 1.82. The van der Waals surface area contributed by atoms with Crippen molar-refractivity contribution in [3.63, 3.8) is 0 Å². The topological polar surface area (TPSA) is 59.1 Å². The lowest BCUT2D eigenvalue weighted by Crippen LogP contribution is -3.00. The zero-order valence-electron chi connectivity index (χ0n) is 5.68. The fraction of sp³-hybridized carbons (Fsp3) is 0.143. The van der Waals surface area contributed by atoms with Crippen molar-refractivity contribution in [2.75, 3.05) is 0 Å². The van der Waals surface area contributed by atoms with Gasteiger partial charge in [0.2, 0.25) is 0 Å². The maximum atomic E-state index is 3.76. The first-order valence-corrected chi connectivity index (χ1v) is 2.76. The molecule has 5 N–H and O–H groups in total. The molecule has 0 unspecified atom stereocenters. The smallest absolute Gasteiger partial charge is 0.0997 e. The van der Waals surface area contributed by atoms with Crippen molar-refractivity contribution in [1.29, 1.82) is 0 Å². The lowest BCUT2D eigenvalue weighted by Gasteiger charge is -1.87. The van der Waals surface area contributed by atoms with Crippen LogP contribution in [-0.4, -0.2) is 5.48 Å². The van der Waals surface area contributed by atoms with Gasteiger partial charge in [-0.3, -0.25) is 0 Å². The standard InChI is InChI=1S/C7H9N.ClH.H2O/c8-6-7-4-2-1-3-5-7;;/h1-5H,6,8H2;1H;1H2. The third kappa shape index (κ3) is 3.45. The molecule has 58 valence electrons. The van der Waals surface area contributed by atoms with E-state index >= 15 is 0 Å². The Morgan fingerprint density at radius 1 is 1.10 bits per heavy atom. The number of rotatable bonds is 1. The first kappa shape index (κ1) is 12.1. The van der Waals surface area contributed by atoms with Gasteiger partial charge in [0, 0.05) is 5.56 Å². The molecule has 0 atom stereocenters. The Kier molecular flexibility index (Phi) is 7.95. The van der Waals surface area contributed by atoms with Gasteiger partial charge in [0.15, 0.2) is 0 Å². The lowest BCUT2D eigenvalue weighted by molar-refractivity contribution is -0.386. The second-order valence-electron chi connectivity index (χ2n) is 1.74. The monoisotopic (exact) mass is 161 g/mol. The van der Waals surface area contributed by atoms with Gasteiger partial charge in [0.05, 0.1) is 6.54 Å². The van der Waals surface area contributed by atoms with Crippen molar-refractivity contribution in [1.82, 2.24) is 0 Å². The van der Waals surface area contributed by atoms with E-state index in [1.807, 2.05) is 18.2 Å². The Labute approximate surface area is 66.8 Å². The average molecular weight is 162 g/mol. The van der Waals surface area contributed by atoms with Crippen LogP contribution >= 0.6 is 0 Å². The maximum absolute atomic E-state index is 3.76. The molecule has 0 fully saturated rings. The average Bonchev–Trinajstić information content (AvgIpc) is 1.90. The van der Waals surface area contributed by atoms with Crippen molar-refractivity contribution in [2.45, 2.75) is 6.54 Å². The minimum absolute atomic E-state index is 0. The van der Waals surface area contributed by atoms with Gasteiger partial charge in [-0.2, -0.15) is 0 Å². The predicted molar refractivity (Wildman–Crippen MR) is 36.6 cm³/mol. The van der Waals surface area contributed by atoms with E-state index in [2.05, 4.69) is 17.9 Å². The highest BCUT2D eigenvalue weighted by molar-refractivity contribution is 5.12.